The first kappa shape index (κ1) is 37.7. The molecule has 4 nitrogen and oxygen atoms in total. The number of hydrogen-bond donors (Lipinski definition) is 1. The summed E-state index contributed by atoms with van der Waals surface area (Å²) in [4.78, 5) is 21.4. The molecule has 0 amide bonds. The molecule has 4 heteroatoms. The van der Waals surface area contributed by atoms with E-state index in [1.54, 1.807) is 19.9 Å². The minimum Gasteiger partial charge on any atom is -0.481 e. The van der Waals surface area contributed by atoms with Crippen molar-refractivity contribution in [1.82, 2.24) is 0 Å². The Kier molecular flexibility index (Phi) is 27.9. The molecular weight excluding hydrogens is 292 g/mol. The molecule has 23 heavy (non-hydrogen) atoms. The zero-order valence-corrected chi connectivity index (χ0v) is 13.1. The fourth-order valence-corrected chi connectivity index (χ4v) is 0.626. The van der Waals surface area contributed by atoms with Crippen LogP contribution in [0.4, 0.5) is 0 Å². The summed E-state index contributed by atoms with van der Waals surface area (Å²) in [5.74, 6) is -0.875. The van der Waals surface area contributed by atoms with E-state index in [1.165, 1.54) is 0 Å². The number of ether oxygens (including phenoxy) is 1. The highest BCUT2D eigenvalue weighted by Crippen LogP contribution is 2.21. The van der Waals surface area contributed by atoms with E-state index in [4.69, 9.17) is 9.84 Å². The Morgan fingerprint density at radius 1 is 0.957 bits per heavy atom. The Bertz CT molecular complexity index is 304. The van der Waals surface area contributed by atoms with Crippen LogP contribution in [0.5, 0.6) is 0 Å². The number of esters is 1. The predicted molar refractivity (Wildman–Crippen MR) is 104 cm³/mol. The summed E-state index contributed by atoms with van der Waals surface area (Å²) < 4.78 is 4.89. The van der Waals surface area contributed by atoms with Crippen LogP contribution in [0, 0.1) is 10.8 Å². The van der Waals surface area contributed by atoms with Crippen molar-refractivity contribution >= 4 is 11.9 Å². The van der Waals surface area contributed by atoms with E-state index in [0.29, 0.717) is 13.0 Å². The van der Waals surface area contributed by atoms with Gasteiger partial charge in [-0.1, -0.05) is 56.2 Å². The molecule has 0 heterocycles. The zero-order chi connectivity index (χ0) is 15.7. The average molecular weight is 337 g/mol. The van der Waals surface area contributed by atoms with Crippen molar-refractivity contribution in [2.75, 3.05) is 6.61 Å². The van der Waals surface area contributed by atoms with Crippen molar-refractivity contribution in [2.45, 2.75) is 84.1 Å². The maximum absolute atomic E-state index is 11.2. The highest BCUT2D eigenvalue weighted by Gasteiger charge is 2.26. The Hall–Kier alpha value is -1.32. The molecule has 0 aliphatic carbocycles. The lowest BCUT2D eigenvalue weighted by Gasteiger charge is -2.19. The SMILES string of the molecule is C.C.C.C.C=CCOC(=O)C(C)(C)CC.CCC(C)(C)C(=O)O. The summed E-state index contributed by atoms with van der Waals surface area (Å²) >= 11 is 0. The number of carboxylic acid groups (broad SMARTS) is 1. The van der Waals surface area contributed by atoms with Crippen molar-refractivity contribution in [2.24, 2.45) is 10.8 Å². The molecule has 0 aromatic carbocycles. The van der Waals surface area contributed by atoms with E-state index < -0.39 is 11.4 Å². The molecule has 0 rings (SSSR count). The van der Waals surface area contributed by atoms with Gasteiger partial charge >= 0.3 is 11.9 Å². The molecule has 0 aliphatic rings. The number of carboxylic acids is 1. The van der Waals surface area contributed by atoms with Gasteiger partial charge in [0.2, 0.25) is 0 Å². The zero-order valence-electron chi connectivity index (χ0n) is 13.1. The van der Waals surface area contributed by atoms with Gasteiger partial charge in [-0.3, -0.25) is 9.59 Å². The predicted octanol–water partition coefficient (Wildman–Crippen LogP) is 6.20. The smallest absolute Gasteiger partial charge is 0.311 e. The maximum Gasteiger partial charge on any atom is 0.311 e. The second-order valence-corrected chi connectivity index (χ2v) is 5.67. The highest BCUT2D eigenvalue weighted by atomic mass is 16.5. The van der Waals surface area contributed by atoms with Gasteiger partial charge in [0.1, 0.15) is 6.61 Å². The molecule has 0 saturated heterocycles. The largest absolute Gasteiger partial charge is 0.481 e. The monoisotopic (exact) mass is 336 g/mol. The molecule has 0 atom stereocenters. The number of rotatable bonds is 6. The maximum atomic E-state index is 11.2. The molecule has 0 aromatic rings. The van der Waals surface area contributed by atoms with E-state index in [-0.39, 0.29) is 41.1 Å². The van der Waals surface area contributed by atoms with Crippen molar-refractivity contribution in [3.8, 4) is 0 Å². The van der Waals surface area contributed by atoms with Gasteiger partial charge in [-0.25, -0.2) is 0 Å². The van der Waals surface area contributed by atoms with Crippen LogP contribution in [0.1, 0.15) is 84.1 Å². The van der Waals surface area contributed by atoms with Crippen LogP contribution in [0.15, 0.2) is 12.7 Å². The average Bonchev–Trinajstić information content (AvgIpc) is 2.36. The first-order chi connectivity index (χ1) is 8.55. The summed E-state index contributed by atoms with van der Waals surface area (Å²) in [5.41, 5.74) is -0.900. The van der Waals surface area contributed by atoms with Crippen LogP contribution in [-0.2, 0) is 14.3 Å². The fourth-order valence-electron chi connectivity index (χ4n) is 0.626. The van der Waals surface area contributed by atoms with Crippen molar-refractivity contribution in [1.29, 1.82) is 0 Å². The van der Waals surface area contributed by atoms with Crippen LogP contribution in [-0.4, -0.2) is 23.7 Å². The van der Waals surface area contributed by atoms with E-state index >= 15 is 0 Å². The summed E-state index contributed by atoms with van der Waals surface area (Å²) in [6, 6.07) is 0. The third-order valence-corrected chi connectivity index (χ3v) is 3.23. The summed E-state index contributed by atoms with van der Waals surface area (Å²) in [6.07, 6.45) is 3.05. The van der Waals surface area contributed by atoms with Crippen LogP contribution in [0.25, 0.3) is 0 Å². The molecule has 0 saturated carbocycles. The lowest BCUT2D eigenvalue weighted by Crippen LogP contribution is -2.25. The van der Waals surface area contributed by atoms with E-state index in [9.17, 15) is 9.59 Å². The first-order valence-electron chi connectivity index (χ1n) is 6.56. The van der Waals surface area contributed by atoms with E-state index in [0.717, 1.165) is 6.42 Å². The molecule has 0 spiro atoms. The van der Waals surface area contributed by atoms with Gasteiger partial charge in [0.15, 0.2) is 0 Å². The van der Waals surface area contributed by atoms with E-state index in [2.05, 4.69) is 6.58 Å². The number of carbonyl (C=O) groups excluding carboxylic acids is 1. The van der Waals surface area contributed by atoms with Crippen molar-refractivity contribution in [3.05, 3.63) is 12.7 Å². The Morgan fingerprint density at radius 2 is 1.30 bits per heavy atom. The summed E-state index contributed by atoms with van der Waals surface area (Å²) in [5, 5.41) is 8.44. The lowest BCUT2D eigenvalue weighted by molar-refractivity contribution is -0.152. The number of carbonyl (C=O) groups is 2. The van der Waals surface area contributed by atoms with Gasteiger partial charge in [-0.15, -0.1) is 0 Å². The minimum absolute atomic E-state index is 0. The highest BCUT2D eigenvalue weighted by molar-refractivity contribution is 5.75. The molecule has 0 fully saturated rings. The van der Waals surface area contributed by atoms with Crippen molar-refractivity contribution < 1.29 is 19.4 Å². The van der Waals surface area contributed by atoms with Gasteiger partial charge in [0, 0.05) is 0 Å². The molecule has 0 bridgehead atoms. The quantitative estimate of drug-likeness (QED) is 0.463. The molecular formula is C19H44O4. The van der Waals surface area contributed by atoms with Gasteiger partial charge < -0.3 is 9.84 Å². The molecule has 0 aromatic heterocycles. The molecule has 0 aliphatic heterocycles. The van der Waals surface area contributed by atoms with Crippen LogP contribution >= 0.6 is 0 Å². The third-order valence-electron chi connectivity index (χ3n) is 3.23. The molecule has 0 unspecified atom stereocenters. The standard InChI is InChI=1S/C9H16O2.C6H12O2.4CH4/c1-5-7-11-8(10)9(3,4)6-2;1-4-6(2,3)5(7)8;;;;/h5H,1,6-7H2,2-4H3;4H2,1-3H3,(H,7,8);4*1H4. The van der Waals surface area contributed by atoms with E-state index in [1.807, 2.05) is 27.7 Å². The van der Waals surface area contributed by atoms with Crippen LogP contribution in [0.2, 0.25) is 0 Å². The molecule has 1 N–H and O–H groups in total. The topological polar surface area (TPSA) is 63.6 Å². The number of aliphatic carboxylic acids is 1. The summed E-state index contributed by atoms with van der Waals surface area (Å²) in [6.45, 7) is 14.8. The second-order valence-electron chi connectivity index (χ2n) is 5.67. The normalized spacial score (nSPS) is 9.13. The Labute approximate surface area is 146 Å². The van der Waals surface area contributed by atoms with Crippen LogP contribution < -0.4 is 0 Å². The first-order valence-corrected chi connectivity index (χ1v) is 6.56. The fraction of sp³-hybridized carbons (Fsp3) is 0.789. The Balaban J connectivity index is -0.0000000552. The lowest BCUT2D eigenvalue weighted by atomic mass is 9.91. The third kappa shape index (κ3) is 16.9. The minimum atomic E-state index is -0.722. The molecule has 144 valence electrons. The molecule has 0 radical (unpaired) electrons. The number of hydrogen-bond acceptors (Lipinski definition) is 3. The second kappa shape index (κ2) is 17.0. The van der Waals surface area contributed by atoms with Gasteiger partial charge in [0.25, 0.3) is 0 Å². The van der Waals surface area contributed by atoms with Gasteiger partial charge in [0.05, 0.1) is 10.8 Å². The van der Waals surface area contributed by atoms with Crippen LogP contribution in [0.3, 0.4) is 0 Å². The Morgan fingerprint density at radius 3 is 1.48 bits per heavy atom. The van der Waals surface area contributed by atoms with Crippen molar-refractivity contribution in [3.63, 3.8) is 0 Å². The van der Waals surface area contributed by atoms with Gasteiger partial charge in [-0.05, 0) is 40.5 Å². The van der Waals surface area contributed by atoms with Gasteiger partial charge in [-0.2, -0.15) is 0 Å². The summed E-state index contributed by atoms with van der Waals surface area (Å²) in [7, 11) is 0.